The third-order valence-corrected chi connectivity index (χ3v) is 3.89. The van der Waals surface area contributed by atoms with E-state index in [9.17, 15) is 4.79 Å². The van der Waals surface area contributed by atoms with Gasteiger partial charge < -0.3 is 9.26 Å². The summed E-state index contributed by atoms with van der Waals surface area (Å²) in [5, 5.41) is 4.07. The number of piperidine rings is 1. The third-order valence-electron chi connectivity index (χ3n) is 3.89. The van der Waals surface area contributed by atoms with Crippen molar-refractivity contribution < 1.29 is 14.1 Å². The van der Waals surface area contributed by atoms with Crippen LogP contribution in [0, 0.1) is 0 Å². The fourth-order valence-corrected chi connectivity index (χ4v) is 2.80. The summed E-state index contributed by atoms with van der Waals surface area (Å²) >= 11 is 0. The zero-order chi connectivity index (χ0) is 17.2. The summed E-state index contributed by atoms with van der Waals surface area (Å²) in [5.74, 6) is 1.01. The summed E-state index contributed by atoms with van der Waals surface area (Å²) in [4.78, 5) is 18.7. The number of rotatable bonds is 2. The van der Waals surface area contributed by atoms with Gasteiger partial charge in [0.15, 0.2) is 0 Å². The fourth-order valence-electron chi connectivity index (χ4n) is 2.80. The summed E-state index contributed by atoms with van der Waals surface area (Å²) in [6.45, 7) is 6.24. The van der Waals surface area contributed by atoms with Crippen LogP contribution in [0.3, 0.4) is 0 Å². The molecule has 0 spiro atoms. The van der Waals surface area contributed by atoms with E-state index < -0.39 is 5.60 Å². The van der Waals surface area contributed by atoms with E-state index in [1.54, 1.807) is 4.90 Å². The van der Waals surface area contributed by atoms with Crippen molar-refractivity contribution >= 4 is 6.09 Å². The smallest absolute Gasteiger partial charge is 0.410 e. The van der Waals surface area contributed by atoms with Crippen LogP contribution in [-0.4, -0.2) is 33.3 Å². The van der Waals surface area contributed by atoms with Gasteiger partial charge in [0.05, 0.1) is 0 Å². The van der Waals surface area contributed by atoms with Crippen molar-refractivity contribution in [1.82, 2.24) is 15.0 Å². The maximum atomic E-state index is 12.5. The number of nitrogens with zero attached hydrogens (tertiary/aromatic N) is 3. The Kier molecular flexibility index (Phi) is 4.55. The predicted octanol–water partition coefficient (Wildman–Crippen LogP) is 4.20. The normalized spacial score (nSPS) is 18.5. The second-order valence-corrected chi connectivity index (χ2v) is 7.01. The first-order valence-corrected chi connectivity index (χ1v) is 8.33. The first-order valence-electron chi connectivity index (χ1n) is 8.33. The number of aromatic nitrogens is 2. The Bertz CT molecular complexity index is 691. The van der Waals surface area contributed by atoms with Gasteiger partial charge >= 0.3 is 6.09 Å². The molecule has 1 unspecified atom stereocenters. The number of hydrogen-bond acceptors (Lipinski definition) is 5. The predicted molar refractivity (Wildman–Crippen MR) is 89.3 cm³/mol. The van der Waals surface area contributed by atoms with Gasteiger partial charge in [-0.3, -0.25) is 4.90 Å². The number of benzene rings is 1. The molecule has 1 fully saturated rings. The standard InChI is InChI=1S/C18H23N3O3/c1-18(2,3)23-17(22)21-12-8-7-11-14(21)16-19-15(20-24-16)13-9-5-4-6-10-13/h4-6,9-10,14H,7-8,11-12H2,1-3H3. The molecule has 0 radical (unpaired) electrons. The lowest BCUT2D eigenvalue weighted by Gasteiger charge is -2.34. The van der Waals surface area contributed by atoms with Crippen LogP contribution in [0.1, 0.15) is 52.0 Å². The van der Waals surface area contributed by atoms with Gasteiger partial charge in [0, 0.05) is 12.1 Å². The Morgan fingerprint density at radius 3 is 2.71 bits per heavy atom. The zero-order valence-electron chi connectivity index (χ0n) is 14.4. The maximum absolute atomic E-state index is 12.5. The lowest BCUT2D eigenvalue weighted by Crippen LogP contribution is -2.42. The molecule has 128 valence electrons. The molecule has 1 aliphatic heterocycles. The van der Waals surface area contributed by atoms with Gasteiger partial charge in [-0.05, 0) is 40.0 Å². The molecular weight excluding hydrogens is 306 g/mol. The van der Waals surface area contributed by atoms with Gasteiger partial charge in [-0.2, -0.15) is 4.98 Å². The van der Waals surface area contributed by atoms with Gasteiger partial charge in [-0.25, -0.2) is 4.79 Å². The van der Waals surface area contributed by atoms with Crippen LogP contribution in [0.25, 0.3) is 11.4 Å². The van der Waals surface area contributed by atoms with Crippen molar-refractivity contribution in [2.24, 2.45) is 0 Å². The van der Waals surface area contributed by atoms with E-state index >= 15 is 0 Å². The maximum Gasteiger partial charge on any atom is 0.410 e. The van der Waals surface area contributed by atoms with Crippen molar-refractivity contribution in [1.29, 1.82) is 0 Å². The highest BCUT2D eigenvalue weighted by molar-refractivity contribution is 5.68. The number of amides is 1. The van der Waals surface area contributed by atoms with Crippen LogP contribution in [0.4, 0.5) is 4.79 Å². The average Bonchev–Trinajstić information content (AvgIpc) is 3.04. The minimum Gasteiger partial charge on any atom is -0.444 e. The van der Waals surface area contributed by atoms with Gasteiger partial charge in [0.1, 0.15) is 11.6 Å². The van der Waals surface area contributed by atoms with Crippen LogP contribution in [0.2, 0.25) is 0 Å². The minimum absolute atomic E-state index is 0.224. The minimum atomic E-state index is -0.525. The van der Waals surface area contributed by atoms with Crippen LogP contribution in [0.5, 0.6) is 0 Å². The highest BCUT2D eigenvalue weighted by Gasteiger charge is 2.34. The molecule has 0 N–H and O–H groups in total. The van der Waals surface area contributed by atoms with Crippen molar-refractivity contribution in [3.63, 3.8) is 0 Å². The van der Waals surface area contributed by atoms with E-state index in [0.29, 0.717) is 18.3 Å². The Balaban J connectivity index is 1.81. The van der Waals surface area contributed by atoms with Gasteiger partial charge in [0.25, 0.3) is 0 Å². The van der Waals surface area contributed by atoms with E-state index in [4.69, 9.17) is 9.26 Å². The Hall–Kier alpha value is -2.37. The van der Waals surface area contributed by atoms with Crippen molar-refractivity contribution in [3.05, 3.63) is 36.2 Å². The van der Waals surface area contributed by atoms with E-state index in [-0.39, 0.29) is 12.1 Å². The summed E-state index contributed by atoms with van der Waals surface area (Å²) in [7, 11) is 0. The van der Waals surface area contributed by atoms with Crippen molar-refractivity contribution in [2.75, 3.05) is 6.54 Å². The van der Waals surface area contributed by atoms with E-state index in [0.717, 1.165) is 24.8 Å². The van der Waals surface area contributed by atoms with Crippen LogP contribution < -0.4 is 0 Å². The van der Waals surface area contributed by atoms with E-state index in [2.05, 4.69) is 10.1 Å². The van der Waals surface area contributed by atoms with Gasteiger partial charge in [-0.1, -0.05) is 35.5 Å². The highest BCUT2D eigenvalue weighted by atomic mass is 16.6. The van der Waals surface area contributed by atoms with Crippen LogP contribution >= 0.6 is 0 Å². The molecule has 0 saturated carbocycles. The molecule has 6 heteroatoms. The van der Waals surface area contributed by atoms with Gasteiger partial charge in [-0.15, -0.1) is 0 Å². The van der Waals surface area contributed by atoms with Crippen molar-refractivity contribution in [2.45, 2.75) is 51.7 Å². The molecule has 0 bridgehead atoms. The van der Waals surface area contributed by atoms with Crippen LogP contribution in [-0.2, 0) is 4.74 Å². The Morgan fingerprint density at radius 1 is 1.25 bits per heavy atom. The van der Waals surface area contributed by atoms with E-state index in [1.165, 1.54) is 0 Å². The summed E-state index contributed by atoms with van der Waals surface area (Å²) < 4.78 is 11.0. The summed E-state index contributed by atoms with van der Waals surface area (Å²) in [6, 6.07) is 9.44. The van der Waals surface area contributed by atoms with E-state index in [1.807, 2.05) is 51.1 Å². The molecule has 6 nitrogen and oxygen atoms in total. The third kappa shape index (κ3) is 3.75. The number of carbonyl (C=O) groups excluding carboxylic acids is 1. The van der Waals surface area contributed by atoms with Gasteiger partial charge in [0.2, 0.25) is 11.7 Å². The molecular formula is C18H23N3O3. The summed E-state index contributed by atoms with van der Waals surface area (Å²) in [6.07, 6.45) is 2.45. The Labute approximate surface area is 141 Å². The largest absolute Gasteiger partial charge is 0.444 e. The lowest BCUT2D eigenvalue weighted by molar-refractivity contribution is 0.00538. The molecule has 2 aromatic rings. The molecule has 1 atom stereocenters. The molecule has 1 aliphatic rings. The summed E-state index contributed by atoms with van der Waals surface area (Å²) in [5.41, 5.74) is 0.371. The topological polar surface area (TPSA) is 68.5 Å². The molecule has 1 aromatic carbocycles. The molecule has 1 aromatic heterocycles. The lowest BCUT2D eigenvalue weighted by atomic mass is 10.0. The second-order valence-electron chi connectivity index (χ2n) is 7.01. The SMILES string of the molecule is CC(C)(C)OC(=O)N1CCCCC1c1nc(-c2ccccc2)no1. The second kappa shape index (κ2) is 6.63. The number of hydrogen-bond donors (Lipinski definition) is 0. The monoisotopic (exact) mass is 329 g/mol. The molecule has 24 heavy (non-hydrogen) atoms. The Morgan fingerprint density at radius 2 is 2.00 bits per heavy atom. The number of carbonyl (C=O) groups is 1. The fraction of sp³-hybridized carbons (Fsp3) is 0.500. The number of likely N-dealkylation sites (tertiary alicyclic amines) is 1. The average molecular weight is 329 g/mol. The molecule has 1 saturated heterocycles. The van der Waals surface area contributed by atoms with Crippen molar-refractivity contribution in [3.8, 4) is 11.4 Å². The van der Waals surface area contributed by atoms with Crippen LogP contribution in [0.15, 0.2) is 34.9 Å². The molecule has 0 aliphatic carbocycles. The number of ether oxygens (including phenoxy) is 1. The molecule has 2 heterocycles. The quantitative estimate of drug-likeness (QED) is 0.826. The first-order chi connectivity index (χ1) is 11.4. The highest BCUT2D eigenvalue weighted by Crippen LogP contribution is 2.32. The molecule has 1 amide bonds. The first kappa shape index (κ1) is 16.5. The zero-order valence-corrected chi connectivity index (χ0v) is 14.4. The molecule has 3 rings (SSSR count).